The fourth-order valence-electron chi connectivity index (χ4n) is 2.52. The van der Waals surface area contributed by atoms with Gasteiger partial charge in [0.2, 0.25) is 5.91 Å². The van der Waals surface area contributed by atoms with Crippen LogP contribution in [0.4, 0.5) is 0 Å². The Balaban J connectivity index is 2.06. The topological polar surface area (TPSA) is 71.4 Å². The molecule has 0 unspecified atom stereocenters. The lowest BCUT2D eigenvalue weighted by Gasteiger charge is -2.34. The van der Waals surface area contributed by atoms with Crippen LogP contribution in [0.3, 0.4) is 0 Å². The molecule has 1 aliphatic heterocycles. The molecule has 1 aromatic rings. The van der Waals surface area contributed by atoms with Crippen LogP contribution in [0.2, 0.25) is 0 Å². The molecule has 22 heavy (non-hydrogen) atoms. The van der Waals surface area contributed by atoms with Crippen LogP contribution >= 0.6 is 12.2 Å². The minimum atomic E-state index is -0.294. The first kappa shape index (κ1) is 16.7. The normalized spacial score (nSPS) is 21.1. The highest BCUT2D eigenvalue weighted by atomic mass is 32.1. The predicted octanol–water partition coefficient (Wildman–Crippen LogP) is 0.0200. The third-order valence-corrected chi connectivity index (χ3v) is 3.81. The summed E-state index contributed by atoms with van der Waals surface area (Å²) < 4.78 is 6.85. The second kappa shape index (κ2) is 7.55. The Hall–Kier alpha value is -1.67. The van der Waals surface area contributed by atoms with E-state index in [2.05, 4.69) is 15.7 Å². The number of aryl methyl sites for hydroxylation is 1. The fraction of sp³-hybridized carbons (Fsp3) is 0.643. The lowest BCUT2D eigenvalue weighted by Crippen LogP contribution is -2.59. The largest absolute Gasteiger partial charge is 0.383 e. The van der Waals surface area contributed by atoms with E-state index in [0.717, 1.165) is 5.56 Å². The molecular formula is C14H23N5O2S. The molecule has 1 fully saturated rings. The van der Waals surface area contributed by atoms with Crippen molar-refractivity contribution in [2.45, 2.75) is 32.0 Å². The molecular weight excluding hydrogens is 302 g/mol. The fourth-order valence-corrected chi connectivity index (χ4v) is 2.86. The minimum Gasteiger partial charge on any atom is -0.383 e. The Kier molecular flexibility index (Phi) is 5.73. The molecule has 7 nitrogen and oxygen atoms in total. The number of carbonyl (C=O) groups is 1. The van der Waals surface area contributed by atoms with E-state index in [1.165, 1.54) is 0 Å². The second-order valence-electron chi connectivity index (χ2n) is 5.58. The van der Waals surface area contributed by atoms with Crippen LogP contribution in [-0.4, -0.2) is 58.0 Å². The number of ether oxygens (including phenoxy) is 1. The molecule has 0 aliphatic carbocycles. The molecule has 2 atom stereocenters. The van der Waals surface area contributed by atoms with Gasteiger partial charge in [0.15, 0.2) is 5.11 Å². The first-order valence-electron chi connectivity index (χ1n) is 7.32. The molecule has 0 spiro atoms. The van der Waals surface area contributed by atoms with E-state index in [1.54, 1.807) is 22.9 Å². The van der Waals surface area contributed by atoms with E-state index in [0.29, 0.717) is 31.2 Å². The first-order valence-corrected chi connectivity index (χ1v) is 7.72. The Labute approximate surface area is 136 Å². The van der Waals surface area contributed by atoms with E-state index in [4.69, 9.17) is 17.0 Å². The van der Waals surface area contributed by atoms with Gasteiger partial charge in [-0.05, 0) is 25.6 Å². The Morgan fingerprint density at radius 2 is 2.36 bits per heavy atom. The first-order chi connectivity index (χ1) is 10.5. The standard InChI is InChI=1S/C14H23N5O2S/c1-10-6-12(17-14(22)16-10)13(20)19(4-5-21-3)9-11-7-15-18(2)8-11/h7-8,10,12H,4-6,9H2,1-3H3,(H2,16,17,22)/t10-,12+/m1/s1. The molecule has 1 saturated heterocycles. The number of methoxy groups -OCH3 is 1. The van der Waals surface area contributed by atoms with Crippen molar-refractivity contribution in [3.8, 4) is 0 Å². The van der Waals surface area contributed by atoms with Gasteiger partial charge in [-0.2, -0.15) is 5.10 Å². The highest BCUT2D eigenvalue weighted by Gasteiger charge is 2.30. The Bertz CT molecular complexity index is 533. The third kappa shape index (κ3) is 4.41. The van der Waals surface area contributed by atoms with Gasteiger partial charge in [-0.3, -0.25) is 9.48 Å². The minimum absolute atomic E-state index is 0.0385. The van der Waals surface area contributed by atoms with Gasteiger partial charge < -0.3 is 20.3 Å². The third-order valence-electron chi connectivity index (χ3n) is 3.58. The highest BCUT2D eigenvalue weighted by molar-refractivity contribution is 7.80. The van der Waals surface area contributed by atoms with Crippen molar-refractivity contribution >= 4 is 23.2 Å². The maximum absolute atomic E-state index is 12.8. The number of carbonyl (C=O) groups excluding carboxylic acids is 1. The summed E-state index contributed by atoms with van der Waals surface area (Å²) in [5.41, 5.74) is 0.997. The van der Waals surface area contributed by atoms with E-state index in [9.17, 15) is 4.79 Å². The van der Waals surface area contributed by atoms with Crippen LogP contribution in [0.5, 0.6) is 0 Å². The van der Waals surface area contributed by atoms with Crippen molar-refractivity contribution in [2.75, 3.05) is 20.3 Å². The van der Waals surface area contributed by atoms with E-state index in [1.807, 2.05) is 20.2 Å². The number of nitrogens with one attached hydrogen (secondary N) is 2. The van der Waals surface area contributed by atoms with Crippen LogP contribution in [0, 0.1) is 0 Å². The number of amides is 1. The monoisotopic (exact) mass is 325 g/mol. The molecule has 1 aromatic heterocycles. The quantitative estimate of drug-likeness (QED) is 0.719. The van der Waals surface area contributed by atoms with Gasteiger partial charge >= 0.3 is 0 Å². The van der Waals surface area contributed by atoms with Crippen molar-refractivity contribution in [3.05, 3.63) is 18.0 Å². The van der Waals surface area contributed by atoms with Gasteiger partial charge in [-0.25, -0.2) is 0 Å². The number of thiocarbonyl (C=S) groups is 1. The Morgan fingerprint density at radius 3 is 2.95 bits per heavy atom. The molecule has 1 amide bonds. The maximum Gasteiger partial charge on any atom is 0.245 e. The van der Waals surface area contributed by atoms with Crippen molar-refractivity contribution in [2.24, 2.45) is 7.05 Å². The van der Waals surface area contributed by atoms with Crippen LogP contribution in [0.25, 0.3) is 0 Å². The summed E-state index contributed by atoms with van der Waals surface area (Å²) in [5.74, 6) is 0.0385. The lowest BCUT2D eigenvalue weighted by atomic mass is 10.0. The summed E-state index contributed by atoms with van der Waals surface area (Å²) in [6.07, 6.45) is 4.39. The Morgan fingerprint density at radius 1 is 1.59 bits per heavy atom. The molecule has 2 rings (SSSR count). The predicted molar refractivity (Wildman–Crippen MR) is 87.2 cm³/mol. The van der Waals surface area contributed by atoms with Gasteiger partial charge in [0, 0.05) is 45.0 Å². The summed E-state index contributed by atoms with van der Waals surface area (Å²) in [7, 11) is 3.49. The number of hydrogen-bond donors (Lipinski definition) is 2. The van der Waals surface area contributed by atoms with Gasteiger partial charge in [0.1, 0.15) is 6.04 Å². The van der Waals surface area contributed by atoms with Crippen molar-refractivity contribution in [1.82, 2.24) is 25.3 Å². The summed E-state index contributed by atoms with van der Waals surface area (Å²) in [5, 5.41) is 10.9. The van der Waals surface area contributed by atoms with E-state index < -0.39 is 0 Å². The average molecular weight is 325 g/mol. The molecule has 2 heterocycles. The van der Waals surface area contributed by atoms with Gasteiger partial charge in [0.25, 0.3) is 0 Å². The zero-order chi connectivity index (χ0) is 16.1. The maximum atomic E-state index is 12.8. The van der Waals surface area contributed by atoms with Crippen LogP contribution in [-0.2, 0) is 23.1 Å². The molecule has 8 heteroatoms. The van der Waals surface area contributed by atoms with Gasteiger partial charge in [0.05, 0.1) is 12.8 Å². The smallest absolute Gasteiger partial charge is 0.245 e. The second-order valence-corrected chi connectivity index (χ2v) is 5.99. The molecule has 122 valence electrons. The molecule has 0 saturated carbocycles. The molecule has 0 aromatic carbocycles. The van der Waals surface area contributed by atoms with Crippen LogP contribution in [0.1, 0.15) is 18.9 Å². The molecule has 2 N–H and O–H groups in total. The van der Waals surface area contributed by atoms with Crippen LogP contribution in [0.15, 0.2) is 12.4 Å². The number of aromatic nitrogens is 2. The van der Waals surface area contributed by atoms with Gasteiger partial charge in [-0.15, -0.1) is 0 Å². The van der Waals surface area contributed by atoms with Crippen molar-refractivity contribution < 1.29 is 9.53 Å². The van der Waals surface area contributed by atoms with E-state index >= 15 is 0 Å². The number of nitrogens with zero attached hydrogens (tertiary/aromatic N) is 3. The summed E-state index contributed by atoms with van der Waals surface area (Å²) >= 11 is 5.16. The summed E-state index contributed by atoms with van der Waals surface area (Å²) in [6.45, 7) is 3.57. The van der Waals surface area contributed by atoms with Crippen molar-refractivity contribution in [3.63, 3.8) is 0 Å². The number of rotatable bonds is 6. The lowest BCUT2D eigenvalue weighted by molar-refractivity contribution is -0.134. The van der Waals surface area contributed by atoms with Gasteiger partial charge in [-0.1, -0.05) is 0 Å². The SMILES string of the molecule is COCCN(Cc1cnn(C)c1)C(=O)[C@@H]1C[C@@H](C)NC(=S)N1. The molecule has 1 aliphatic rings. The molecule has 0 radical (unpaired) electrons. The zero-order valence-corrected chi connectivity index (χ0v) is 14.0. The number of hydrogen-bond acceptors (Lipinski definition) is 4. The van der Waals surface area contributed by atoms with E-state index in [-0.39, 0.29) is 18.0 Å². The highest BCUT2D eigenvalue weighted by Crippen LogP contribution is 2.11. The summed E-state index contributed by atoms with van der Waals surface area (Å²) in [6, 6.07) is -0.109. The summed E-state index contributed by atoms with van der Waals surface area (Å²) in [4.78, 5) is 14.6. The average Bonchev–Trinajstić information content (AvgIpc) is 2.87. The molecule has 0 bridgehead atoms. The van der Waals surface area contributed by atoms with Crippen molar-refractivity contribution in [1.29, 1.82) is 0 Å². The van der Waals surface area contributed by atoms with Crippen LogP contribution < -0.4 is 10.6 Å². The zero-order valence-electron chi connectivity index (χ0n) is 13.2.